The Labute approximate surface area is 117 Å². The molecule has 0 aliphatic rings. The summed E-state index contributed by atoms with van der Waals surface area (Å²) in [5.74, 6) is 0.956. The number of likely N-dealkylation sites (N-methyl/N-ethyl adjacent to an activating group) is 1. The van der Waals surface area contributed by atoms with Crippen molar-refractivity contribution in [2.45, 2.75) is 0 Å². The molecule has 0 aliphatic carbocycles. The standard InChI is InChI=1S/C13H16ClN3S/c1-16(2)9-10-17(12-5-3-4-8-15-12)13-7-6-11(14)18-13/h3-8H,9-10H2,1-2H3. The van der Waals surface area contributed by atoms with Crippen molar-refractivity contribution in [3.05, 3.63) is 40.9 Å². The quantitative estimate of drug-likeness (QED) is 0.836. The fraction of sp³-hybridized carbons (Fsp3) is 0.308. The maximum Gasteiger partial charge on any atom is 0.133 e. The van der Waals surface area contributed by atoms with Gasteiger partial charge in [0.25, 0.3) is 0 Å². The molecule has 5 heteroatoms. The molecule has 2 rings (SSSR count). The molecule has 18 heavy (non-hydrogen) atoms. The largest absolute Gasteiger partial charge is 0.317 e. The van der Waals surface area contributed by atoms with Crippen LogP contribution in [0.3, 0.4) is 0 Å². The minimum absolute atomic E-state index is 0.802. The van der Waals surface area contributed by atoms with Crippen LogP contribution in [-0.2, 0) is 0 Å². The van der Waals surface area contributed by atoms with Gasteiger partial charge in [-0.15, -0.1) is 11.3 Å². The van der Waals surface area contributed by atoms with Gasteiger partial charge in [-0.3, -0.25) is 0 Å². The smallest absolute Gasteiger partial charge is 0.133 e. The zero-order valence-electron chi connectivity index (χ0n) is 10.5. The molecule has 0 atom stereocenters. The van der Waals surface area contributed by atoms with Gasteiger partial charge in [0.15, 0.2) is 0 Å². The van der Waals surface area contributed by atoms with Crippen molar-refractivity contribution in [1.82, 2.24) is 9.88 Å². The molecule has 0 bridgehead atoms. The predicted octanol–water partition coefficient (Wildman–Crippen LogP) is 3.50. The number of pyridine rings is 1. The van der Waals surface area contributed by atoms with E-state index in [0.717, 1.165) is 28.2 Å². The molecule has 0 fully saturated rings. The number of rotatable bonds is 5. The Morgan fingerprint density at radius 2 is 2.00 bits per heavy atom. The highest BCUT2D eigenvalue weighted by atomic mass is 35.5. The summed E-state index contributed by atoms with van der Waals surface area (Å²) >= 11 is 7.59. The number of hydrogen-bond donors (Lipinski definition) is 0. The van der Waals surface area contributed by atoms with Gasteiger partial charge >= 0.3 is 0 Å². The van der Waals surface area contributed by atoms with Gasteiger partial charge in [0.05, 0.1) is 9.34 Å². The van der Waals surface area contributed by atoms with Crippen LogP contribution in [-0.4, -0.2) is 37.1 Å². The molecule has 0 saturated heterocycles. The van der Waals surface area contributed by atoms with Crippen LogP contribution in [0.1, 0.15) is 0 Å². The van der Waals surface area contributed by atoms with Gasteiger partial charge in [-0.2, -0.15) is 0 Å². The monoisotopic (exact) mass is 281 g/mol. The molecule has 2 aromatic heterocycles. The summed E-state index contributed by atoms with van der Waals surface area (Å²) in [6.07, 6.45) is 1.81. The molecular formula is C13H16ClN3S. The Hall–Kier alpha value is -1.10. The lowest BCUT2D eigenvalue weighted by Gasteiger charge is -2.23. The topological polar surface area (TPSA) is 19.4 Å². The zero-order valence-corrected chi connectivity index (χ0v) is 12.1. The van der Waals surface area contributed by atoms with Crippen LogP contribution < -0.4 is 4.90 Å². The lowest BCUT2D eigenvalue weighted by molar-refractivity contribution is 0.418. The van der Waals surface area contributed by atoms with Gasteiger partial charge in [-0.1, -0.05) is 17.7 Å². The summed E-state index contributed by atoms with van der Waals surface area (Å²) in [6.45, 7) is 1.85. The summed E-state index contributed by atoms with van der Waals surface area (Å²) in [5.41, 5.74) is 0. The summed E-state index contributed by atoms with van der Waals surface area (Å²) < 4.78 is 0.802. The second-order valence-corrected chi connectivity index (χ2v) is 5.91. The van der Waals surface area contributed by atoms with E-state index in [4.69, 9.17) is 11.6 Å². The SMILES string of the molecule is CN(C)CCN(c1ccccn1)c1ccc(Cl)s1. The Morgan fingerprint density at radius 3 is 2.56 bits per heavy atom. The fourth-order valence-electron chi connectivity index (χ4n) is 1.60. The Morgan fingerprint density at radius 1 is 1.17 bits per heavy atom. The first-order valence-electron chi connectivity index (χ1n) is 5.75. The molecular weight excluding hydrogens is 266 g/mol. The van der Waals surface area contributed by atoms with Crippen molar-refractivity contribution < 1.29 is 0 Å². The van der Waals surface area contributed by atoms with Gasteiger partial charge < -0.3 is 9.80 Å². The van der Waals surface area contributed by atoms with Crippen LogP contribution in [0.5, 0.6) is 0 Å². The highest BCUT2D eigenvalue weighted by molar-refractivity contribution is 7.20. The van der Waals surface area contributed by atoms with Crippen LogP contribution >= 0.6 is 22.9 Å². The molecule has 0 spiro atoms. The molecule has 96 valence electrons. The molecule has 0 aliphatic heterocycles. The first kappa shape index (κ1) is 13.3. The van der Waals surface area contributed by atoms with E-state index in [1.54, 1.807) is 11.3 Å². The van der Waals surface area contributed by atoms with Gasteiger partial charge in [-0.05, 0) is 38.4 Å². The number of aromatic nitrogens is 1. The normalized spacial score (nSPS) is 10.9. The summed E-state index contributed by atoms with van der Waals surface area (Å²) in [4.78, 5) is 8.76. The van der Waals surface area contributed by atoms with Crippen molar-refractivity contribution in [1.29, 1.82) is 0 Å². The van der Waals surface area contributed by atoms with Crippen LogP contribution in [0, 0.1) is 0 Å². The van der Waals surface area contributed by atoms with Gasteiger partial charge in [-0.25, -0.2) is 4.98 Å². The number of thiophene rings is 1. The number of hydrogen-bond acceptors (Lipinski definition) is 4. The van der Waals surface area contributed by atoms with Crippen molar-refractivity contribution in [3.8, 4) is 0 Å². The summed E-state index contributed by atoms with van der Waals surface area (Å²) in [7, 11) is 4.13. The third-order valence-electron chi connectivity index (χ3n) is 2.52. The van der Waals surface area contributed by atoms with E-state index in [-0.39, 0.29) is 0 Å². The molecule has 3 nitrogen and oxygen atoms in total. The molecule has 0 radical (unpaired) electrons. The molecule has 0 N–H and O–H groups in total. The first-order valence-corrected chi connectivity index (χ1v) is 6.95. The van der Waals surface area contributed by atoms with E-state index in [9.17, 15) is 0 Å². The molecule has 0 aromatic carbocycles. The lowest BCUT2D eigenvalue weighted by Crippen LogP contribution is -2.28. The maximum atomic E-state index is 6.02. The molecule has 0 amide bonds. The Balaban J connectivity index is 2.23. The number of halogens is 1. The molecule has 0 unspecified atom stereocenters. The number of anilines is 2. The highest BCUT2D eigenvalue weighted by Crippen LogP contribution is 2.33. The number of nitrogens with zero attached hydrogens (tertiary/aromatic N) is 3. The average Bonchev–Trinajstić information content (AvgIpc) is 2.77. The van der Waals surface area contributed by atoms with E-state index in [1.807, 2.05) is 36.5 Å². The second-order valence-electron chi connectivity index (χ2n) is 4.22. The minimum Gasteiger partial charge on any atom is -0.317 e. The zero-order chi connectivity index (χ0) is 13.0. The van der Waals surface area contributed by atoms with Crippen molar-refractivity contribution in [2.75, 3.05) is 32.1 Å². The van der Waals surface area contributed by atoms with Crippen LogP contribution in [0.15, 0.2) is 36.5 Å². The molecule has 2 heterocycles. The fourth-order valence-corrected chi connectivity index (χ4v) is 2.67. The highest BCUT2D eigenvalue weighted by Gasteiger charge is 2.12. The van der Waals surface area contributed by atoms with Gasteiger partial charge in [0, 0.05) is 19.3 Å². The van der Waals surface area contributed by atoms with Gasteiger partial charge in [0.1, 0.15) is 5.82 Å². The second kappa shape index (κ2) is 6.18. The third-order valence-corrected chi connectivity index (χ3v) is 3.78. The van der Waals surface area contributed by atoms with Crippen molar-refractivity contribution in [3.63, 3.8) is 0 Å². The molecule has 0 saturated carbocycles. The van der Waals surface area contributed by atoms with E-state index < -0.39 is 0 Å². The minimum atomic E-state index is 0.802. The van der Waals surface area contributed by atoms with E-state index in [0.29, 0.717) is 0 Å². The maximum absolute atomic E-state index is 6.02. The first-order chi connectivity index (χ1) is 8.66. The van der Waals surface area contributed by atoms with Crippen molar-refractivity contribution in [2.24, 2.45) is 0 Å². The Kier molecular flexibility index (Phi) is 4.58. The lowest BCUT2D eigenvalue weighted by atomic mass is 10.4. The van der Waals surface area contributed by atoms with Gasteiger partial charge in [0.2, 0.25) is 0 Å². The Bertz CT molecular complexity index is 484. The predicted molar refractivity (Wildman–Crippen MR) is 79.1 cm³/mol. The third kappa shape index (κ3) is 3.45. The van der Waals surface area contributed by atoms with Crippen LogP contribution in [0.2, 0.25) is 4.34 Å². The van der Waals surface area contributed by atoms with E-state index >= 15 is 0 Å². The van der Waals surface area contributed by atoms with Crippen molar-refractivity contribution >= 4 is 33.8 Å². The van der Waals surface area contributed by atoms with Crippen LogP contribution in [0.25, 0.3) is 0 Å². The summed E-state index contributed by atoms with van der Waals surface area (Å²) in [5, 5.41) is 1.13. The molecule has 2 aromatic rings. The van der Waals surface area contributed by atoms with E-state index in [1.165, 1.54) is 0 Å². The summed E-state index contributed by atoms with van der Waals surface area (Å²) in [6, 6.07) is 9.91. The average molecular weight is 282 g/mol. The van der Waals surface area contributed by atoms with E-state index in [2.05, 4.69) is 28.9 Å². The van der Waals surface area contributed by atoms with Crippen LogP contribution in [0.4, 0.5) is 10.8 Å².